The van der Waals surface area contributed by atoms with Crippen LogP contribution in [0.3, 0.4) is 0 Å². The van der Waals surface area contributed by atoms with E-state index in [9.17, 15) is 8.42 Å². The first-order valence-electron chi connectivity index (χ1n) is 8.03. The predicted octanol–water partition coefficient (Wildman–Crippen LogP) is 3.83. The van der Waals surface area contributed by atoms with Gasteiger partial charge in [-0.25, -0.2) is 23.1 Å². The summed E-state index contributed by atoms with van der Waals surface area (Å²) in [6.45, 7) is 1.88. The second-order valence-corrected chi connectivity index (χ2v) is 8.05. The standard InChI is InChI=1S/C18H18ClN5O2S/c1-12-3-8-15(27(25,26)20-2)9-16(12)24-18-10-17(21-11-22-18)23-14-6-4-13(19)5-7-14/h3-11,20H,1-2H3,(H2,21,22,23,24). The molecule has 0 aliphatic rings. The van der Waals surface area contributed by atoms with Gasteiger partial charge in [0.25, 0.3) is 0 Å². The Bertz CT molecular complexity index is 1060. The van der Waals surface area contributed by atoms with Crippen molar-refractivity contribution in [2.24, 2.45) is 0 Å². The molecule has 140 valence electrons. The molecule has 0 saturated carbocycles. The Kier molecular flexibility index (Phi) is 5.59. The molecule has 27 heavy (non-hydrogen) atoms. The maximum Gasteiger partial charge on any atom is 0.240 e. The van der Waals surface area contributed by atoms with Gasteiger partial charge in [0.1, 0.15) is 18.0 Å². The van der Waals surface area contributed by atoms with Crippen molar-refractivity contribution in [1.29, 1.82) is 0 Å². The van der Waals surface area contributed by atoms with Gasteiger partial charge >= 0.3 is 0 Å². The average Bonchev–Trinajstić information content (AvgIpc) is 2.65. The van der Waals surface area contributed by atoms with Crippen molar-refractivity contribution in [2.45, 2.75) is 11.8 Å². The van der Waals surface area contributed by atoms with Crippen LogP contribution in [-0.4, -0.2) is 25.4 Å². The van der Waals surface area contributed by atoms with Gasteiger partial charge < -0.3 is 10.6 Å². The van der Waals surface area contributed by atoms with E-state index in [1.807, 2.05) is 19.1 Å². The van der Waals surface area contributed by atoms with Gasteiger partial charge in [-0.3, -0.25) is 0 Å². The third-order valence-corrected chi connectivity index (χ3v) is 5.50. The zero-order chi connectivity index (χ0) is 19.4. The number of nitrogens with zero attached hydrogens (tertiary/aromatic N) is 2. The molecule has 3 rings (SSSR count). The molecule has 0 atom stereocenters. The van der Waals surface area contributed by atoms with Crippen molar-refractivity contribution in [1.82, 2.24) is 14.7 Å². The number of benzene rings is 2. The summed E-state index contributed by atoms with van der Waals surface area (Å²) in [5.74, 6) is 1.12. The fraction of sp³-hybridized carbons (Fsp3) is 0.111. The fourth-order valence-electron chi connectivity index (χ4n) is 2.33. The van der Waals surface area contributed by atoms with E-state index < -0.39 is 10.0 Å². The molecule has 3 N–H and O–H groups in total. The number of aromatic nitrogens is 2. The monoisotopic (exact) mass is 403 g/mol. The topological polar surface area (TPSA) is 96.0 Å². The number of anilines is 4. The fourth-order valence-corrected chi connectivity index (χ4v) is 3.22. The summed E-state index contributed by atoms with van der Waals surface area (Å²) in [4.78, 5) is 8.56. The third-order valence-electron chi connectivity index (χ3n) is 3.83. The number of nitrogens with one attached hydrogen (secondary N) is 3. The summed E-state index contributed by atoms with van der Waals surface area (Å²) in [6, 6.07) is 13.8. The van der Waals surface area contributed by atoms with Crippen LogP contribution in [0.5, 0.6) is 0 Å². The summed E-state index contributed by atoms with van der Waals surface area (Å²) in [5.41, 5.74) is 2.36. The minimum atomic E-state index is -3.53. The molecule has 0 spiro atoms. The SMILES string of the molecule is CNS(=O)(=O)c1ccc(C)c(Nc2cc(Nc3ccc(Cl)cc3)ncn2)c1. The summed E-state index contributed by atoms with van der Waals surface area (Å²) >= 11 is 5.89. The quantitative estimate of drug-likeness (QED) is 0.578. The zero-order valence-electron chi connectivity index (χ0n) is 14.7. The van der Waals surface area contributed by atoms with Gasteiger partial charge in [0.05, 0.1) is 4.90 Å². The van der Waals surface area contributed by atoms with E-state index in [0.717, 1.165) is 11.3 Å². The van der Waals surface area contributed by atoms with Crippen molar-refractivity contribution >= 4 is 44.6 Å². The largest absolute Gasteiger partial charge is 0.340 e. The molecule has 2 aromatic carbocycles. The molecule has 1 aromatic heterocycles. The number of hydrogen-bond donors (Lipinski definition) is 3. The van der Waals surface area contributed by atoms with E-state index >= 15 is 0 Å². The molecule has 1 heterocycles. The summed E-state index contributed by atoms with van der Waals surface area (Å²) in [6.07, 6.45) is 1.42. The minimum Gasteiger partial charge on any atom is -0.340 e. The first kappa shape index (κ1) is 19.1. The van der Waals surface area contributed by atoms with E-state index in [1.165, 1.54) is 13.4 Å². The maximum absolute atomic E-state index is 12.0. The molecule has 9 heteroatoms. The Morgan fingerprint density at radius 3 is 2.26 bits per heavy atom. The van der Waals surface area contributed by atoms with Crippen LogP contribution in [0.1, 0.15) is 5.56 Å². The first-order chi connectivity index (χ1) is 12.9. The second kappa shape index (κ2) is 7.91. The van der Waals surface area contributed by atoms with Crippen LogP contribution in [0.25, 0.3) is 0 Å². The van der Waals surface area contributed by atoms with Crippen LogP contribution < -0.4 is 15.4 Å². The van der Waals surface area contributed by atoms with Gasteiger partial charge in [0.2, 0.25) is 10.0 Å². The molecule has 0 aliphatic heterocycles. The summed E-state index contributed by atoms with van der Waals surface area (Å²) < 4.78 is 26.3. The van der Waals surface area contributed by atoms with E-state index in [-0.39, 0.29) is 4.90 Å². The number of rotatable bonds is 6. The predicted molar refractivity (Wildman–Crippen MR) is 107 cm³/mol. The molecule has 0 aliphatic carbocycles. The maximum atomic E-state index is 12.0. The van der Waals surface area contributed by atoms with Gasteiger partial charge in [-0.05, 0) is 55.9 Å². The van der Waals surface area contributed by atoms with Crippen molar-refractivity contribution in [2.75, 3.05) is 17.7 Å². The highest BCUT2D eigenvalue weighted by Gasteiger charge is 2.13. The van der Waals surface area contributed by atoms with Gasteiger partial charge in [0, 0.05) is 22.5 Å². The van der Waals surface area contributed by atoms with E-state index in [4.69, 9.17) is 11.6 Å². The lowest BCUT2D eigenvalue weighted by Gasteiger charge is -2.12. The lowest BCUT2D eigenvalue weighted by molar-refractivity contribution is 0.588. The van der Waals surface area contributed by atoms with Crippen molar-refractivity contribution in [3.05, 3.63) is 65.4 Å². The Morgan fingerprint density at radius 2 is 1.59 bits per heavy atom. The molecule has 0 fully saturated rings. The van der Waals surface area contributed by atoms with Crippen molar-refractivity contribution in [3.8, 4) is 0 Å². The van der Waals surface area contributed by atoms with E-state index in [2.05, 4.69) is 25.3 Å². The molecular weight excluding hydrogens is 386 g/mol. The van der Waals surface area contributed by atoms with Crippen LogP contribution in [0.2, 0.25) is 5.02 Å². The number of hydrogen-bond acceptors (Lipinski definition) is 6. The minimum absolute atomic E-state index is 0.173. The van der Waals surface area contributed by atoms with Crippen LogP contribution in [-0.2, 0) is 10.0 Å². The van der Waals surface area contributed by atoms with Gasteiger partial charge in [-0.1, -0.05) is 17.7 Å². The summed E-state index contributed by atoms with van der Waals surface area (Å²) in [5, 5.41) is 6.95. The molecule has 0 amide bonds. The molecule has 0 unspecified atom stereocenters. The average molecular weight is 404 g/mol. The summed E-state index contributed by atoms with van der Waals surface area (Å²) in [7, 11) is -2.15. The highest BCUT2D eigenvalue weighted by Crippen LogP contribution is 2.25. The molecule has 7 nitrogen and oxygen atoms in total. The highest BCUT2D eigenvalue weighted by molar-refractivity contribution is 7.89. The molecule has 0 radical (unpaired) electrons. The van der Waals surface area contributed by atoms with Crippen molar-refractivity contribution < 1.29 is 8.42 Å². The van der Waals surface area contributed by atoms with E-state index in [0.29, 0.717) is 22.3 Å². The molecular formula is C18H18ClN5O2S. The number of aryl methyl sites for hydroxylation is 1. The number of halogens is 1. The van der Waals surface area contributed by atoms with Crippen LogP contribution in [0, 0.1) is 6.92 Å². The normalized spacial score (nSPS) is 11.2. The first-order valence-corrected chi connectivity index (χ1v) is 9.89. The Hall–Kier alpha value is -2.68. The Balaban J connectivity index is 1.84. The lowest BCUT2D eigenvalue weighted by atomic mass is 10.2. The molecule has 0 bridgehead atoms. The van der Waals surface area contributed by atoms with Crippen LogP contribution in [0.4, 0.5) is 23.0 Å². The molecule has 3 aromatic rings. The molecule has 0 saturated heterocycles. The van der Waals surface area contributed by atoms with Crippen LogP contribution in [0.15, 0.2) is 59.8 Å². The van der Waals surface area contributed by atoms with Gasteiger partial charge in [-0.2, -0.15) is 0 Å². The lowest BCUT2D eigenvalue weighted by Crippen LogP contribution is -2.18. The highest BCUT2D eigenvalue weighted by atomic mass is 35.5. The Morgan fingerprint density at radius 1 is 0.926 bits per heavy atom. The van der Waals surface area contributed by atoms with Crippen LogP contribution >= 0.6 is 11.6 Å². The zero-order valence-corrected chi connectivity index (χ0v) is 16.3. The van der Waals surface area contributed by atoms with Gasteiger partial charge in [-0.15, -0.1) is 0 Å². The Labute approximate surface area is 162 Å². The smallest absolute Gasteiger partial charge is 0.240 e. The number of sulfonamides is 1. The van der Waals surface area contributed by atoms with Gasteiger partial charge in [0.15, 0.2) is 0 Å². The second-order valence-electron chi connectivity index (χ2n) is 5.73. The third kappa shape index (κ3) is 4.73. The van der Waals surface area contributed by atoms with E-state index in [1.54, 1.807) is 36.4 Å². The van der Waals surface area contributed by atoms with Crippen molar-refractivity contribution in [3.63, 3.8) is 0 Å².